The van der Waals surface area contributed by atoms with Crippen LogP contribution in [0.4, 0.5) is 5.69 Å². The van der Waals surface area contributed by atoms with E-state index in [0.717, 1.165) is 22.1 Å². The molecule has 4 nitrogen and oxygen atoms in total. The molecule has 0 saturated carbocycles. The molecular formula is C13H15BrN2O2. The molecule has 0 radical (unpaired) electrons. The number of likely N-dealkylation sites (tertiary alicyclic amines) is 1. The van der Waals surface area contributed by atoms with Crippen LogP contribution in [0, 0.1) is 6.92 Å². The minimum atomic E-state index is -0.146. The molecule has 1 saturated heterocycles. The first kappa shape index (κ1) is 13.1. The van der Waals surface area contributed by atoms with Crippen LogP contribution in [0.1, 0.15) is 18.4 Å². The van der Waals surface area contributed by atoms with Gasteiger partial charge in [0.1, 0.15) is 0 Å². The summed E-state index contributed by atoms with van der Waals surface area (Å²) in [6.07, 6.45) is 1.41. The number of nitrogens with zero attached hydrogens (tertiary/aromatic N) is 1. The SMILES string of the molecule is Cc1cc(NC(=O)CN2CCCC2=O)ccc1Br. The van der Waals surface area contributed by atoms with Crippen LogP contribution in [0.15, 0.2) is 22.7 Å². The van der Waals surface area contributed by atoms with E-state index in [2.05, 4.69) is 21.2 Å². The van der Waals surface area contributed by atoms with Crippen molar-refractivity contribution in [3.8, 4) is 0 Å². The Labute approximate surface area is 114 Å². The average Bonchev–Trinajstić information content (AvgIpc) is 2.70. The fourth-order valence-electron chi connectivity index (χ4n) is 1.97. The number of hydrogen-bond donors (Lipinski definition) is 1. The Balaban J connectivity index is 1.94. The summed E-state index contributed by atoms with van der Waals surface area (Å²) in [6, 6.07) is 5.63. The van der Waals surface area contributed by atoms with Crippen molar-refractivity contribution in [2.45, 2.75) is 19.8 Å². The Bertz CT molecular complexity index is 488. The van der Waals surface area contributed by atoms with Crippen LogP contribution in [-0.4, -0.2) is 29.8 Å². The lowest BCUT2D eigenvalue weighted by molar-refractivity contribution is -0.131. The van der Waals surface area contributed by atoms with Gasteiger partial charge < -0.3 is 10.2 Å². The number of nitrogens with one attached hydrogen (secondary N) is 1. The number of benzene rings is 1. The Hall–Kier alpha value is -1.36. The predicted octanol–water partition coefficient (Wildman–Crippen LogP) is 2.32. The zero-order valence-corrected chi connectivity index (χ0v) is 11.8. The summed E-state index contributed by atoms with van der Waals surface area (Å²) in [7, 11) is 0. The average molecular weight is 311 g/mol. The molecule has 1 fully saturated rings. The summed E-state index contributed by atoms with van der Waals surface area (Å²) < 4.78 is 1.01. The first-order chi connectivity index (χ1) is 8.56. The van der Waals surface area contributed by atoms with Gasteiger partial charge in [-0.15, -0.1) is 0 Å². The molecule has 5 heteroatoms. The number of aryl methyl sites for hydroxylation is 1. The van der Waals surface area contributed by atoms with Crippen LogP contribution in [0.5, 0.6) is 0 Å². The maximum atomic E-state index is 11.8. The van der Waals surface area contributed by atoms with Gasteiger partial charge in [0, 0.05) is 23.1 Å². The Kier molecular flexibility index (Phi) is 4.01. The van der Waals surface area contributed by atoms with Crippen LogP contribution in [0.25, 0.3) is 0 Å². The van der Waals surface area contributed by atoms with Crippen LogP contribution in [0.3, 0.4) is 0 Å². The van der Waals surface area contributed by atoms with Gasteiger partial charge in [-0.25, -0.2) is 0 Å². The van der Waals surface area contributed by atoms with Crippen molar-refractivity contribution in [3.63, 3.8) is 0 Å². The number of hydrogen-bond acceptors (Lipinski definition) is 2. The van der Waals surface area contributed by atoms with Gasteiger partial charge in [-0.05, 0) is 37.1 Å². The monoisotopic (exact) mass is 310 g/mol. The summed E-state index contributed by atoms with van der Waals surface area (Å²) in [4.78, 5) is 24.8. The molecule has 1 aliphatic rings. The molecule has 1 N–H and O–H groups in total. The highest BCUT2D eigenvalue weighted by Crippen LogP contribution is 2.20. The van der Waals surface area contributed by atoms with Gasteiger partial charge >= 0.3 is 0 Å². The fourth-order valence-corrected chi connectivity index (χ4v) is 2.21. The highest BCUT2D eigenvalue weighted by atomic mass is 79.9. The maximum Gasteiger partial charge on any atom is 0.243 e. The highest BCUT2D eigenvalue weighted by Gasteiger charge is 2.22. The molecule has 0 bridgehead atoms. The minimum absolute atomic E-state index is 0.0668. The summed E-state index contributed by atoms with van der Waals surface area (Å²) in [6.45, 7) is 2.79. The van der Waals surface area contributed by atoms with Crippen LogP contribution >= 0.6 is 15.9 Å². The molecule has 1 aromatic carbocycles. The van der Waals surface area contributed by atoms with Gasteiger partial charge in [-0.3, -0.25) is 9.59 Å². The van der Waals surface area contributed by atoms with Gasteiger partial charge in [-0.1, -0.05) is 15.9 Å². The lowest BCUT2D eigenvalue weighted by Gasteiger charge is -2.15. The zero-order valence-electron chi connectivity index (χ0n) is 10.2. The first-order valence-electron chi connectivity index (χ1n) is 5.90. The number of carbonyl (C=O) groups is 2. The van der Waals surface area contributed by atoms with Gasteiger partial charge in [0.25, 0.3) is 0 Å². The Morgan fingerprint density at radius 2 is 2.28 bits per heavy atom. The largest absolute Gasteiger partial charge is 0.333 e. The van der Waals surface area contributed by atoms with Crippen LogP contribution in [0.2, 0.25) is 0 Å². The number of amides is 2. The third-order valence-corrected chi connectivity index (χ3v) is 3.84. The van der Waals surface area contributed by atoms with Crippen LogP contribution in [-0.2, 0) is 9.59 Å². The number of carbonyl (C=O) groups excluding carboxylic acids is 2. The van der Waals surface area contributed by atoms with Gasteiger partial charge in [-0.2, -0.15) is 0 Å². The smallest absolute Gasteiger partial charge is 0.243 e. The van der Waals surface area contributed by atoms with Crippen molar-refractivity contribution in [1.29, 1.82) is 0 Å². The molecule has 18 heavy (non-hydrogen) atoms. The molecule has 1 aliphatic heterocycles. The summed E-state index contributed by atoms with van der Waals surface area (Å²) in [5, 5.41) is 2.80. The molecule has 96 valence electrons. The molecule has 2 rings (SSSR count). The number of halogens is 1. The Morgan fingerprint density at radius 1 is 1.50 bits per heavy atom. The topological polar surface area (TPSA) is 49.4 Å². The molecule has 1 heterocycles. The van der Waals surface area contributed by atoms with Gasteiger partial charge in [0.15, 0.2) is 0 Å². The molecule has 0 atom stereocenters. The predicted molar refractivity (Wildman–Crippen MR) is 73.3 cm³/mol. The molecule has 0 unspecified atom stereocenters. The second kappa shape index (κ2) is 5.52. The Morgan fingerprint density at radius 3 is 2.89 bits per heavy atom. The van der Waals surface area contributed by atoms with Gasteiger partial charge in [0.2, 0.25) is 11.8 Å². The van der Waals surface area contributed by atoms with Crippen molar-refractivity contribution in [2.75, 3.05) is 18.4 Å². The third kappa shape index (κ3) is 3.10. The van der Waals surface area contributed by atoms with Crippen molar-refractivity contribution in [3.05, 3.63) is 28.2 Å². The molecule has 2 amide bonds. The maximum absolute atomic E-state index is 11.8. The van der Waals surface area contributed by atoms with E-state index < -0.39 is 0 Å². The molecule has 0 aliphatic carbocycles. The van der Waals surface area contributed by atoms with E-state index in [4.69, 9.17) is 0 Å². The van der Waals surface area contributed by atoms with E-state index in [1.54, 1.807) is 4.90 Å². The first-order valence-corrected chi connectivity index (χ1v) is 6.69. The summed E-state index contributed by atoms with van der Waals surface area (Å²) in [5.74, 6) is -0.0795. The van der Waals surface area contributed by atoms with Crippen LogP contribution < -0.4 is 5.32 Å². The van der Waals surface area contributed by atoms with E-state index in [-0.39, 0.29) is 18.4 Å². The second-order valence-corrected chi connectivity index (χ2v) is 5.29. The van der Waals surface area contributed by atoms with E-state index in [0.29, 0.717) is 13.0 Å². The lowest BCUT2D eigenvalue weighted by atomic mass is 10.2. The summed E-state index contributed by atoms with van der Waals surface area (Å²) in [5.41, 5.74) is 1.82. The van der Waals surface area contributed by atoms with E-state index in [1.807, 2.05) is 25.1 Å². The molecule has 1 aromatic rings. The normalized spacial score (nSPS) is 15.0. The minimum Gasteiger partial charge on any atom is -0.333 e. The second-order valence-electron chi connectivity index (χ2n) is 4.43. The third-order valence-electron chi connectivity index (χ3n) is 2.95. The number of anilines is 1. The molecular weight excluding hydrogens is 296 g/mol. The quantitative estimate of drug-likeness (QED) is 0.931. The van der Waals surface area contributed by atoms with Gasteiger partial charge in [0.05, 0.1) is 6.54 Å². The number of rotatable bonds is 3. The standard InChI is InChI=1S/C13H15BrN2O2/c1-9-7-10(4-5-11(9)14)15-12(17)8-16-6-2-3-13(16)18/h4-5,7H,2-3,6,8H2,1H3,(H,15,17). The molecule has 0 aromatic heterocycles. The fraction of sp³-hybridized carbons (Fsp3) is 0.385. The summed E-state index contributed by atoms with van der Waals surface area (Å²) >= 11 is 3.41. The molecule has 0 spiro atoms. The zero-order chi connectivity index (χ0) is 13.1. The van der Waals surface area contributed by atoms with Crippen molar-refractivity contribution in [1.82, 2.24) is 4.90 Å². The van der Waals surface area contributed by atoms with E-state index in [1.165, 1.54) is 0 Å². The lowest BCUT2D eigenvalue weighted by Crippen LogP contribution is -2.33. The van der Waals surface area contributed by atoms with E-state index in [9.17, 15) is 9.59 Å². The van der Waals surface area contributed by atoms with Crippen molar-refractivity contribution >= 4 is 33.4 Å². The van der Waals surface area contributed by atoms with E-state index >= 15 is 0 Å². The van der Waals surface area contributed by atoms with Crippen molar-refractivity contribution < 1.29 is 9.59 Å². The van der Waals surface area contributed by atoms with Crippen molar-refractivity contribution in [2.24, 2.45) is 0 Å². The highest BCUT2D eigenvalue weighted by molar-refractivity contribution is 9.10.